The lowest BCUT2D eigenvalue weighted by Gasteiger charge is -2.15. The van der Waals surface area contributed by atoms with Crippen molar-refractivity contribution in [2.45, 2.75) is 52.0 Å². The van der Waals surface area contributed by atoms with Crippen LogP contribution in [0.2, 0.25) is 0 Å². The Kier molecular flexibility index (Phi) is 7.11. The standard InChI is InChI=1S/C6H13N.C5H10N2/c7-6-4-2-1-3-5-6;1-4(3-6)5(2)7/h6H,1-5,7H2;3,6H,7H2,1-2H3/b;5-4-,6-3?. The third-order valence-corrected chi connectivity index (χ3v) is 2.49. The third-order valence-electron chi connectivity index (χ3n) is 2.49. The highest BCUT2D eigenvalue weighted by Crippen LogP contribution is 2.14. The van der Waals surface area contributed by atoms with Crippen molar-refractivity contribution in [2.75, 3.05) is 0 Å². The fraction of sp³-hybridized carbons (Fsp3) is 0.727. The van der Waals surface area contributed by atoms with Crippen LogP contribution in [0.25, 0.3) is 0 Å². The largest absolute Gasteiger partial charge is 0.402 e. The molecule has 1 rings (SSSR count). The molecular weight excluding hydrogens is 174 g/mol. The molecule has 0 unspecified atom stereocenters. The minimum atomic E-state index is 0.536. The zero-order valence-electron chi connectivity index (χ0n) is 9.34. The molecule has 3 nitrogen and oxygen atoms in total. The molecule has 82 valence electrons. The molecule has 0 atom stereocenters. The first-order chi connectivity index (χ1) is 6.57. The molecule has 3 heteroatoms. The fourth-order valence-electron chi connectivity index (χ4n) is 1.25. The lowest BCUT2D eigenvalue weighted by atomic mass is 9.97. The van der Waals surface area contributed by atoms with Gasteiger partial charge in [0.2, 0.25) is 0 Å². The monoisotopic (exact) mass is 197 g/mol. The van der Waals surface area contributed by atoms with Crippen LogP contribution in [-0.2, 0) is 0 Å². The smallest absolute Gasteiger partial charge is 0.0224 e. The Morgan fingerprint density at radius 2 is 1.71 bits per heavy atom. The van der Waals surface area contributed by atoms with Gasteiger partial charge in [0, 0.05) is 18.0 Å². The molecule has 0 spiro atoms. The van der Waals surface area contributed by atoms with Crippen molar-refractivity contribution in [3.05, 3.63) is 11.3 Å². The third kappa shape index (κ3) is 6.66. The van der Waals surface area contributed by atoms with Gasteiger partial charge in [0.1, 0.15) is 0 Å². The van der Waals surface area contributed by atoms with E-state index in [9.17, 15) is 0 Å². The molecule has 0 saturated heterocycles. The second kappa shape index (κ2) is 7.56. The molecule has 1 fully saturated rings. The average molecular weight is 197 g/mol. The first kappa shape index (κ1) is 13.2. The van der Waals surface area contributed by atoms with Crippen molar-refractivity contribution < 1.29 is 0 Å². The van der Waals surface area contributed by atoms with Crippen LogP contribution in [0.5, 0.6) is 0 Å². The summed E-state index contributed by atoms with van der Waals surface area (Å²) in [6.45, 7) is 3.59. The van der Waals surface area contributed by atoms with Gasteiger partial charge in [-0.3, -0.25) is 0 Å². The van der Waals surface area contributed by atoms with Crippen molar-refractivity contribution in [1.29, 1.82) is 5.41 Å². The molecule has 0 aliphatic heterocycles. The first-order valence-electron chi connectivity index (χ1n) is 5.27. The molecule has 0 aromatic carbocycles. The van der Waals surface area contributed by atoms with E-state index in [4.69, 9.17) is 16.9 Å². The van der Waals surface area contributed by atoms with Crippen molar-refractivity contribution in [1.82, 2.24) is 0 Å². The Labute approximate surface area is 87.1 Å². The van der Waals surface area contributed by atoms with E-state index in [2.05, 4.69) is 0 Å². The highest BCUT2D eigenvalue weighted by atomic mass is 14.6. The molecule has 1 aliphatic carbocycles. The summed E-state index contributed by atoms with van der Waals surface area (Å²) in [4.78, 5) is 0. The molecule has 1 aliphatic rings. The van der Waals surface area contributed by atoms with Crippen molar-refractivity contribution in [3.8, 4) is 0 Å². The maximum absolute atomic E-state index is 6.68. The van der Waals surface area contributed by atoms with Crippen LogP contribution in [0.3, 0.4) is 0 Å². The quantitative estimate of drug-likeness (QED) is 0.563. The van der Waals surface area contributed by atoms with Crippen LogP contribution in [0, 0.1) is 5.41 Å². The van der Waals surface area contributed by atoms with E-state index in [-0.39, 0.29) is 0 Å². The van der Waals surface area contributed by atoms with Gasteiger partial charge in [-0.1, -0.05) is 19.3 Å². The number of nitrogens with one attached hydrogen (secondary N) is 1. The van der Waals surface area contributed by atoms with Gasteiger partial charge in [-0.05, 0) is 32.3 Å². The van der Waals surface area contributed by atoms with Gasteiger partial charge in [-0.2, -0.15) is 0 Å². The van der Waals surface area contributed by atoms with Crippen molar-refractivity contribution in [3.63, 3.8) is 0 Å². The fourth-order valence-corrected chi connectivity index (χ4v) is 1.25. The summed E-state index contributed by atoms with van der Waals surface area (Å²) in [6.07, 6.45) is 7.91. The number of hydrogen-bond donors (Lipinski definition) is 3. The van der Waals surface area contributed by atoms with E-state index in [1.807, 2.05) is 6.92 Å². The van der Waals surface area contributed by atoms with Gasteiger partial charge in [-0.25, -0.2) is 0 Å². The van der Waals surface area contributed by atoms with E-state index in [1.54, 1.807) is 6.92 Å². The minimum Gasteiger partial charge on any atom is -0.402 e. The Balaban J connectivity index is 0.000000241. The second-order valence-electron chi connectivity index (χ2n) is 3.91. The van der Waals surface area contributed by atoms with E-state index in [0.29, 0.717) is 6.04 Å². The van der Waals surface area contributed by atoms with E-state index >= 15 is 0 Å². The summed E-state index contributed by atoms with van der Waals surface area (Å²) >= 11 is 0. The molecule has 5 N–H and O–H groups in total. The van der Waals surface area contributed by atoms with Gasteiger partial charge in [0.15, 0.2) is 0 Å². The molecule has 0 amide bonds. The topological polar surface area (TPSA) is 75.9 Å². The van der Waals surface area contributed by atoms with Crippen LogP contribution in [0.15, 0.2) is 11.3 Å². The van der Waals surface area contributed by atoms with Gasteiger partial charge in [0.05, 0.1) is 0 Å². The molecule has 1 saturated carbocycles. The van der Waals surface area contributed by atoms with Gasteiger partial charge < -0.3 is 16.9 Å². The van der Waals surface area contributed by atoms with Gasteiger partial charge >= 0.3 is 0 Å². The Bertz CT molecular complexity index is 187. The van der Waals surface area contributed by atoms with Crippen LogP contribution in [-0.4, -0.2) is 12.3 Å². The summed E-state index contributed by atoms with van der Waals surface area (Å²) < 4.78 is 0. The minimum absolute atomic E-state index is 0.536. The number of rotatable bonds is 1. The lowest BCUT2D eigenvalue weighted by molar-refractivity contribution is 0.441. The predicted molar refractivity (Wildman–Crippen MR) is 62.4 cm³/mol. The van der Waals surface area contributed by atoms with Gasteiger partial charge in [0.25, 0.3) is 0 Å². The summed E-state index contributed by atoms with van der Waals surface area (Å²) in [5, 5.41) is 6.68. The summed E-state index contributed by atoms with van der Waals surface area (Å²) in [5.41, 5.74) is 12.5. The molecule has 14 heavy (non-hydrogen) atoms. The molecule has 0 aromatic rings. The first-order valence-corrected chi connectivity index (χ1v) is 5.27. The van der Waals surface area contributed by atoms with Crippen molar-refractivity contribution in [2.24, 2.45) is 11.5 Å². The number of hydrogen-bond acceptors (Lipinski definition) is 3. The van der Waals surface area contributed by atoms with Crippen LogP contribution < -0.4 is 11.5 Å². The van der Waals surface area contributed by atoms with E-state index < -0.39 is 0 Å². The summed E-state index contributed by atoms with van der Waals surface area (Å²) in [5.74, 6) is 0. The molecular formula is C11H23N3. The number of allylic oxidation sites excluding steroid dienone is 2. The molecule has 0 bridgehead atoms. The lowest BCUT2D eigenvalue weighted by Crippen LogP contribution is -2.22. The number of nitrogens with two attached hydrogens (primary N) is 2. The second-order valence-corrected chi connectivity index (χ2v) is 3.91. The predicted octanol–water partition coefficient (Wildman–Crippen LogP) is 2.17. The Hall–Kier alpha value is -0.830. The maximum Gasteiger partial charge on any atom is 0.0224 e. The Morgan fingerprint density at radius 1 is 1.21 bits per heavy atom. The Morgan fingerprint density at radius 3 is 1.86 bits per heavy atom. The zero-order valence-corrected chi connectivity index (χ0v) is 9.34. The van der Waals surface area contributed by atoms with Crippen LogP contribution >= 0.6 is 0 Å². The van der Waals surface area contributed by atoms with Crippen LogP contribution in [0.1, 0.15) is 46.0 Å². The zero-order chi connectivity index (χ0) is 11.0. The van der Waals surface area contributed by atoms with E-state index in [0.717, 1.165) is 11.3 Å². The van der Waals surface area contributed by atoms with Gasteiger partial charge in [-0.15, -0.1) is 0 Å². The summed E-state index contributed by atoms with van der Waals surface area (Å²) in [6, 6.07) is 0.536. The SMILES string of the molecule is C/C(N)=C(\C)C=N.NC1CCCCC1. The van der Waals surface area contributed by atoms with Crippen LogP contribution in [0.4, 0.5) is 0 Å². The maximum atomic E-state index is 6.68. The van der Waals surface area contributed by atoms with Crippen molar-refractivity contribution >= 4 is 6.21 Å². The highest BCUT2D eigenvalue weighted by molar-refractivity contribution is 5.75. The van der Waals surface area contributed by atoms with E-state index in [1.165, 1.54) is 38.3 Å². The average Bonchev–Trinajstić information content (AvgIpc) is 2.18. The summed E-state index contributed by atoms with van der Waals surface area (Å²) in [7, 11) is 0. The highest BCUT2D eigenvalue weighted by Gasteiger charge is 2.06. The molecule has 0 heterocycles. The normalized spacial score (nSPS) is 19.1. The molecule has 0 aromatic heterocycles. The molecule has 0 radical (unpaired) electrons.